The van der Waals surface area contributed by atoms with E-state index in [0.29, 0.717) is 55.1 Å². The van der Waals surface area contributed by atoms with E-state index in [4.69, 9.17) is 11.6 Å². The van der Waals surface area contributed by atoms with E-state index in [1.807, 2.05) is 36.4 Å². The lowest BCUT2D eigenvalue weighted by molar-refractivity contribution is -0.129. The van der Waals surface area contributed by atoms with Crippen LogP contribution in [-0.2, 0) is 9.59 Å². The number of amides is 2. The van der Waals surface area contributed by atoms with E-state index in [0.717, 1.165) is 11.2 Å². The molecule has 2 saturated heterocycles. The summed E-state index contributed by atoms with van der Waals surface area (Å²) in [5.41, 5.74) is 1.26. The van der Waals surface area contributed by atoms with Crippen molar-refractivity contribution in [1.29, 1.82) is 0 Å². The first-order valence-electron chi connectivity index (χ1n) is 11.2. The molecule has 1 aromatic heterocycles. The summed E-state index contributed by atoms with van der Waals surface area (Å²) >= 11 is 6.24. The summed E-state index contributed by atoms with van der Waals surface area (Å²) in [5.74, 6) is 0.629. The molecule has 0 saturated carbocycles. The van der Waals surface area contributed by atoms with Gasteiger partial charge in [0.25, 0.3) is 0 Å². The van der Waals surface area contributed by atoms with E-state index in [1.54, 1.807) is 23.1 Å². The molecule has 33 heavy (non-hydrogen) atoms. The summed E-state index contributed by atoms with van der Waals surface area (Å²) in [4.78, 5) is 34.2. The maximum atomic E-state index is 12.9. The number of fused-ring (bicyclic) bond motifs is 1. The molecule has 1 unspecified atom stereocenters. The molecule has 0 bridgehead atoms. The second-order valence-corrected chi connectivity index (χ2v) is 8.98. The molecule has 2 aromatic carbocycles. The summed E-state index contributed by atoms with van der Waals surface area (Å²) in [6.45, 7) is 1.91. The molecule has 3 aromatic rings. The van der Waals surface area contributed by atoms with Gasteiger partial charge in [0.2, 0.25) is 11.8 Å². The number of phenols is 1. The number of aromatic nitrogens is 1. The number of hydrogen-bond acceptors (Lipinski definition) is 5. The number of nitrogens with zero attached hydrogens (tertiary/aromatic N) is 3. The van der Waals surface area contributed by atoms with Crippen LogP contribution in [0, 0.1) is 5.92 Å². The van der Waals surface area contributed by atoms with Crippen LogP contribution in [0.1, 0.15) is 19.3 Å². The van der Waals surface area contributed by atoms with E-state index in [-0.39, 0.29) is 23.5 Å². The standard InChI is InChI=1S/C25H25ClN4O3/c26-18-5-1-2-6-20(18)30-15-12-19(25(30)33)27-24(32)17-10-13-29(14-11-17)22-9-8-16-4-3-7-21(31)23(16)28-22/h1-9,17,19,31H,10-15H2,(H,27,32). The minimum Gasteiger partial charge on any atom is -0.506 e. The number of carbonyl (C=O) groups excluding carboxylic acids is 2. The number of nitrogens with one attached hydrogen (secondary N) is 1. The molecule has 7 nitrogen and oxygen atoms in total. The van der Waals surface area contributed by atoms with Crippen LogP contribution >= 0.6 is 11.6 Å². The maximum Gasteiger partial charge on any atom is 0.249 e. The minimum absolute atomic E-state index is 0.0712. The molecule has 1 atom stereocenters. The van der Waals surface area contributed by atoms with Crippen molar-refractivity contribution < 1.29 is 14.7 Å². The Bertz CT molecular complexity index is 1210. The van der Waals surface area contributed by atoms with Crippen LogP contribution < -0.4 is 15.1 Å². The first kappa shape index (κ1) is 21.5. The quantitative estimate of drug-likeness (QED) is 0.614. The topological polar surface area (TPSA) is 85.8 Å². The number of hydrogen-bond donors (Lipinski definition) is 2. The third kappa shape index (κ3) is 4.20. The molecular formula is C25H25ClN4O3. The lowest BCUT2D eigenvalue weighted by atomic mass is 9.95. The van der Waals surface area contributed by atoms with Gasteiger partial charge >= 0.3 is 0 Å². The largest absolute Gasteiger partial charge is 0.506 e. The molecule has 170 valence electrons. The number of halogens is 1. The van der Waals surface area contributed by atoms with Crippen LogP contribution in [0.3, 0.4) is 0 Å². The molecule has 2 aliphatic heterocycles. The number of phenolic OH excluding ortho intramolecular Hbond substituents is 1. The third-order valence-electron chi connectivity index (χ3n) is 6.54. The number of carbonyl (C=O) groups is 2. The molecule has 2 aliphatic rings. The summed E-state index contributed by atoms with van der Waals surface area (Å²) < 4.78 is 0. The summed E-state index contributed by atoms with van der Waals surface area (Å²) in [7, 11) is 0. The predicted octanol–water partition coefficient (Wildman–Crippen LogP) is 3.73. The number of anilines is 2. The molecule has 2 N–H and O–H groups in total. The van der Waals surface area contributed by atoms with Crippen molar-refractivity contribution in [3.8, 4) is 5.75 Å². The Morgan fingerprint density at radius 2 is 1.79 bits per heavy atom. The molecule has 2 amide bonds. The van der Waals surface area contributed by atoms with Crippen molar-refractivity contribution in [2.75, 3.05) is 29.4 Å². The fraction of sp³-hybridized carbons (Fsp3) is 0.320. The van der Waals surface area contributed by atoms with Gasteiger partial charge in [-0.1, -0.05) is 35.9 Å². The number of aromatic hydroxyl groups is 1. The number of benzene rings is 2. The van der Waals surface area contributed by atoms with Crippen LogP contribution in [0.4, 0.5) is 11.5 Å². The Labute approximate surface area is 197 Å². The van der Waals surface area contributed by atoms with E-state index >= 15 is 0 Å². The van der Waals surface area contributed by atoms with Gasteiger partial charge in [0.1, 0.15) is 23.1 Å². The van der Waals surface area contributed by atoms with E-state index in [9.17, 15) is 14.7 Å². The van der Waals surface area contributed by atoms with Crippen molar-refractivity contribution in [3.63, 3.8) is 0 Å². The lowest BCUT2D eigenvalue weighted by Crippen LogP contribution is -2.46. The number of pyridine rings is 1. The number of para-hydroxylation sites is 2. The first-order chi connectivity index (χ1) is 16.0. The summed E-state index contributed by atoms with van der Waals surface area (Å²) in [6, 6.07) is 16.0. The summed E-state index contributed by atoms with van der Waals surface area (Å²) in [6.07, 6.45) is 1.93. The van der Waals surface area contributed by atoms with Crippen LogP contribution in [0.25, 0.3) is 10.9 Å². The highest BCUT2D eigenvalue weighted by Crippen LogP contribution is 2.30. The Morgan fingerprint density at radius 1 is 1.00 bits per heavy atom. The Balaban J connectivity index is 1.19. The fourth-order valence-electron chi connectivity index (χ4n) is 4.68. The second kappa shape index (κ2) is 8.90. The van der Waals surface area contributed by atoms with Gasteiger partial charge in [0.05, 0.1) is 10.7 Å². The SMILES string of the molecule is O=C(NC1CCN(c2ccccc2Cl)C1=O)C1CCN(c2ccc3cccc(O)c3n2)CC1. The van der Waals surface area contributed by atoms with Crippen LogP contribution in [0.15, 0.2) is 54.6 Å². The van der Waals surface area contributed by atoms with Gasteiger partial charge in [-0.15, -0.1) is 0 Å². The lowest BCUT2D eigenvalue weighted by Gasteiger charge is -2.32. The smallest absolute Gasteiger partial charge is 0.249 e. The van der Waals surface area contributed by atoms with Crippen LogP contribution in [-0.4, -0.2) is 47.6 Å². The molecule has 3 heterocycles. The maximum absolute atomic E-state index is 12.9. The molecular weight excluding hydrogens is 440 g/mol. The van der Waals surface area contributed by atoms with Crippen molar-refractivity contribution in [1.82, 2.24) is 10.3 Å². The van der Waals surface area contributed by atoms with Gasteiger partial charge in [-0.05, 0) is 49.6 Å². The Morgan fingerprint density at radius 3 is 2.58 bits per heavy atom. The Hall–Kier alpha value is -3.32. The van der Waals surface area contributed by atoms with Gasteiger partial charge in [-0.25, -0.2) is 4.98 Å². The first-order valence-corrected chi connectivity index (χ1v) is 11.6. The van der Waals surface area contributed by atoms with Crippen molar-refractivity contribution in [3.05, 3.63) is 59.6 Å². The fourth-order valence-corrected chi connectivity index (χ4v) is 4.92. The van der Waals surface area contributed by atoms with Crippen LogP contribution in [0.2, 0.25) is 5.02 Å². The zero-order valence-corrected chi connectivity index (χ0v) is 18.8. The van der Waals surface area contributed by atoms with Crippen molar-refractivity contribution in [2.45, 2.75) is 25.3 Å². The predicted molar refractivity (Wildman–Crippen MR) is 129 cm³/mol. The zero-order valence-electron chi connectivity index (χ0n) is 18.1. The van der Waals surface area contributed by atoms with Gasteiger partial charge in [0.15, 0.2) is 0 Å². The van der Waals surface area contributed by atoms with E-state index in [1.165, 1.54) is 0 Å². The molecule has 8 heteroatoms. The number of piperidine rings is 1. The van der Waals surface area contributed by atoms with E-state index < -0.39 is 6.04 Å². The highest BCUT2D eigenvalue weighted by molar-refractivity contribution is 6.34. The number of rotatable bonds is 4. The van der Waals surface area contributed by atoms with Gasteiger partial charge < -0.3 is 20.2 Å². The average Bonchev–Trinajstić information content (AvgIpc) is 3.19. The summed E-state index contributed by atoms with van der Waals surface area (Å²) in [5, 5.41) is 14.5. The molecule has 0 spiro atoms. The highest BCUT2D eigenvalue weighted by Gasteiger charge is 2.36. The molecule has 5 rings (SSSR count). The second-order valence-electron chi connectivity index (χ2n) is 8.57. The van der Waals surface area contributed by atoms with E-state index in [2.05, 4.69) is 15.2 Å². The van der Waals surface area contributed by atoms with Crippen LogP contribution in [0.5, 0.6) is 5.75 Å². The average molecular weight is 465 g/mol. The molecule has 0 radical (unpaired) electrons. The normalized spacial score (nSPS) is 19.3. The molecule has 2 fully saturated rings. The van der Waals surface area contributed by atoms with Gasteiger partial charge in [-0.3, -0.25) is 9.59 Å². The minimum atomic E-state index is -0.517. The van der Waals surface area contributed by atoms with Gasteiger partial charge in [0, 0.05) is 30.9 Å². The van der Waals surface area contributed by atoms with Gasteiger partial charge in [-0.2, -0.15) is 0 Å². The van der Waals surface area contributed by atoms with Crippen molar-refractivity contribution in [2.24, 2.45) is 5.92 Å². The van der Waals surface area contributed by atoms with Crippen molar-refractivity contribution >= 4 is 45.8 Å². The zero-order chi connectivity index (χ0) is 22.9. The third-order valence-corrected chi connectivity index (χ3v) is 6.86. The Kier molecular flexibility index (Phi) is 5.81. The monoisotopic (exact) mass is 464 g/mol. The highest BCUT2D eigenvalue weighted by atomic mass is 35.5. The molecule has 0 aliphatic carbocycles.